The summed E-state index contributed by atoms with van der Waals surface area (Å²) in [5.74, 6) is 1.50. The van der Waals surface area contributed by atoms with E-state index in [9.17, 15) is 0 Å². The van der Waals surface area contributed by atoms with Gasteiger partial charge in [0.1, 0.15) is 0 Å². The molecule has 2 aliphatic rings. The fraction of sp³-hybridized carbons (Fsp3) is 0.579. The van der Waals surface area contributed by atoms with Crippen LogP contribution in [0.3, 0.4) is 0 Å². The lowest BCUT2D eigenvalue weighted by molar-refractivity contribution is 0.00138. The predicted octanol–water partition coefficient (Wildman–Crippen LogP) is 5.70. The summed E-state index contributed by atoms with van der Waals surface area (Å²) in [6, 6.07) is 2.04. The molecule has 1 nitrogen and oxygen atoms in total. The van der Waals surface area contributed by atoms with E-state index in [2.05, 4.69) is 45.1 Å². The third-order valence-corrected chi connectivity index (χ3v) is 6.02. The third kappa shape index (κ3) is 2.17. The average Bonchev–Trinajstić information content (AvgIpc) is 2.95. The Morgan fingerprint density at radius 1 is 1.30 bits per heavy atom. The highest BCUT2D eigenvalue weighted by Crippen LogP contribution is 2.58. The minimum absolute atomic E-state index is 0.287. The van der Waals surface area contributed by atoms with E-state index in [0.717, 1.165) is 11.8 Å². The second-order valence-corrected chi connectivity index (χ2v) is 7.23. The molecule has 0 bridgehead atoms. The first-order valence-corrected chi connectivity index (χ1v) is 7.94. The maximum absolute atomic E-state index is 5.18. The third-order valence-electron chi connectivity index (χ3n) is 6.02. The number of rotatable bonds is 2. The summed E-state index contributed by atoms with van der Waals surface area (Å²) in [4.78, 5) is 0. The lowest BCUT2D eigenvalue weighted by Gasteiger charge is -2.55. The molecule has 0 spiro atoms. The van der Waals surface area contributed by atoms with Gasteiger partial charge in [0, 0.05) is 5.56 Å². The Labute approximate surface area is 122 Å². The lowest BCUT2D eigenvalue weighted by Crippen LogP contribution is -2.47. The summed E-state index contributed by atoms with van der Waals surface area (Å²) in [5.41, 5.74) is 1.85. The van der Waals surface area contributed by atoms with Crippen LogP contribution in [0.1, 0.15) is 52.0 Å². The van der Waals surface area contributed by atoms with Crippen LogP contribution in [0.2, 0.25) is 0 Å². The van der Waals surface area contributed by atoms with Crippen LogP contribution in [0.4, 0.5) is 0 Å². The van der Waals surface area contributed by atoms with Crippen molar-refractivity contribution in [2.24, 2.45) is 22.7 Å². The highest BCUT2D eigenvalue weighted by molar-refractivity contribution is 5.48. The standard InChI is InChI=1S/C19H26O/c1-15-7-11-18(2)10-5-4-6-17(18)19(15,3)12-8-16-9-13-20-14-16/h5,8-10,12-15,17H,4,6-7,11H2,1-3H3/b12-8-. The molecule has 4 unspecified atom stereocenters. The molecular formula is C19H26O. The quantitative estimate of drug-likeness (QED) is 0.628. The lowest BCUT2D eigenvalue weighted by atomic mass is 9.50. The number of hydrogen-bond donors (Lipinski definition) is 0. The summed E-state index contributed by atoms with van der Waals surface area (Å²) >= 11 is 0. The molecular weight excluding hydrogens is 244 g/mol. The van der Waals surface area contributed by atoms with Gasteiger partial charge >= 0.3 is 0 Å². The summed E-state index contributed by atoms with van der Waals surface area (Å²) in [6.07, 6.45) is 18.4. The van der Waals surface area contributed by atoms with Crippen molar-refractivity contribution in [3.8, 4) is 0 Å². The zero-order chi connectivity index (χ0) is 14.2. The summed E-state index contributed by atoms with van der Waals surface area (Å²) < 4.78 is 5.18. The Hall–Kier alpha value is -1.24. The average molecular weight is 270 g/mol. The van der Waals surface area contributed by atoms with Gasteiger partial charge in [-0.3, -0.25) is 0 Å². The van der Waals surface area contributed by atoms with Crippen LogP contribution < -0.4 is 0 Å². The van der Waals surface area contributed by atoms with Crippen LogP contribution in [0.25, 0.3) is 6.08 Å². The summed E-state index contributed by atoms with van der Waals surface area (Å²) in [7, 11) is 0. The van der Waals surface area contributed by atoms with Gasteiger partial charge in [-0.05, 0) is 54.4 Å². The van der Waals surface area contributed by atoms with Crippen molar-refractivity contribution in [1.29, 1.82) is 0 Å². The van der Waals surface area contributed by atoms with E-state index in [1.54, 1.807) is 6.26 Å². The molecule has 3 rings (SSSR count). The van der Waals surface area contributed by atoms with Gasteiger partial charge in [0.2, 0.25) is 0 Å². The molecule has 0 amide bonds. The van der Waals surface area contributed by atoms with Crippen molar-refractivity contribution < 1.29 is 4.42 Å². The van der Waals surface area contributed by atoms with E-state index in [-0.39, 0.29) is 5.41 Å². The zero-order valence-electron chi connectivity index (χ0n) is 12.9. The largest absolute Gasteiger partial charge is 0.472 e. The highest BCUT2D eigenvalue weighted by atomic mass is 16.3. The van der Waals surface area contributed by atoms with E-state index >= 15 is 0 Å². The Kier molecular flexibility index (Phi) is 3.40. The van der Waals surface area contributed by atoms with Crippen molar-refractivity contribution in [3.63, 3.8) is 0 Å². The minimum atomic E-state index is 0.287. The first kappa shape index (κ1) is 13.7. The Balaban J connectivity index is 1.93. The molecule has 1 heteroatoms. The maximum atomic E-state index is 5.18. The number of furan rings is 1. The molecule has 20 heavy (non-hydrogen) atoms. The Morgan fingerprint density at radius 3 is 2.90 bits per heavy atom. The van der Waals surface area contributed by atoms with Crippen LogP contribution >= 0.6 is 0 Å². The Morgan fingerprint density at radius 2 is 2.15 bits per heavy atom. The predicted molar refractivity (Wildman–Crippen MR) is 84.2 cm³/mol. The molecule has 0 radical (unpaired) electrons. The number of allylic oxidation sites excluding steroid dienone is 3. The monoisotopic (exact) mass is 270 g/mol. The van der Waals surface area contributed by atoms with Gasteiger partial charge in [0.15, 0.2) is 0 Å². The van der Waals surface area contributed by atoms with Gasteiger partial charge in [-0.2, -0.15) is 0 Å². The minimum Gasteiger partial charge on any atom is -0.472 e. The molecule has 0 saturated heterocycles. The van der Waals surface area contributed by atoms with Crippen LogP contribution in [0.5, 0.6) is 0 Å². The van der Waals surface area contributed by atoms with Crippen LogP contribution in [0, 0.1) is 22.7 Å². The topological polar surface area (TPSA) is 13.1 Å². The molecule has 0 aliphatic heterocycles. The van der Waals surface area contributed by atoms with Gasteiger partial charge in [-0.1, -0.05) is 45.1 Å². The van der Waals surface area contributed by atoms with E-state index in [1.807, 2.05) is 12.3 Å². The smallest absolute Gasteiger partial charge is 0.0974 e. The first-order valence-electron chi connectivity index (χ1n) is 7.94. The number of fused-ring (bicyclic) bond motifs is 1. The van der Waals surface area contributed by atoms with Crippen LogP contribution in [-0.4, -0.2) is 0 Å². The molecule has 4 atom stereocenters. The highest BCUT2D eigenvalue weighted by Gasteiger charge is 2.50. The van der Waals surface area contributed by atoms with Gasteiger partial charge < -0.3 is 4.42 Å². The molecule has 108 valence electrons. The van der Waals surface area contributed by atoms with Gasteiger partial charge in [-0.15, -0.1) is 0 Å². The fourth-order valence-electron chi connectivity index (χ4n) is 4.45. The Bertz CT molecular complexity index is 510. The van der Waals surface area contributed by atoms with E-state index < -0.39 is 0 Å². The molecule has 1 aromatic rings. The SMILES string of the molecule is CC1CCC2(C)C=CCCC2C1(C)/C=C\c1ccoc1. The molecule has 1 heterocycles. The van der Waals surface area contributed by atoms with Crippen molar-refractivity contribution in [3.05, 3.63) is 42.4 Å². The van der Waals surface area contributed by atoms with Gasteiger partial charge in [0.25, 0.3) is 0 Å². The normalized spacial score (nSPS) is 41.0. The van der Waals surface area contributed by atoms with Gasteiger partial charge in [0.05, 0.1) is 12.5 Å². The summed E-state index contributed by atoms with van der Waals surface area (Å²) in [6.45, 7) is 7.36. The molecule has 1 fully saturated rings. The van der Waals surface area contributed by atoms with E-state index in [4.69, 9.17) is 4.42 Å². The van der Waals surface area contributed by atoms with Gasteiger partial charge in [-0.25, -0.2) is 0 Å². The molecule has 1 saturated carbocycles. The maximum Gasteiger partial charge on any atom is 0.0974 e. The van der Waals surface area contributed by atoms with Crippen molar-refractivity contribution in [1.82, 2.24) is 0 Å². The van der Waals surface area contributed by atoms with E-state index in [0.29, 0.717) is 5.41 Å². The van der Waals surface area contributed by atoms with E-state index in [1.165, 1.54) is 31.2 Å². The number of hydrogen-bond acceptors (Lipinski definition) is 1. The van der Waals surface area contributed by atoms with Crippen molar-refractivity contribution in [2.45, 2.75) is 46.5 Å². The molecule has 0 N–H and O–H groups in total. The second kappa shape index (κ2) is 4.95. The van der Waals surface area contributed by atoms with Crippen molar-refractivity contribution in [2.75, 3.05) is 0 Å². The van der Waals surface area contributed by atoms with Crippen LogP contribution in [0.15, 0.2) is 41.2 Å². The van der Waals surface area contributed by atoms with Crippen molar-refractivity contribution >= 4 is 6.08 Å². The summed E-state index contributed by atoms with van der Waals surface area (Å²) in [5, 5.41) is 0. The molecule has 1 aromatic heterocycles. The molecule has 2 aliphatic carbocycles. The second-order valence-electron chi connectivity index (χ2n) is 7.23. The fourth-order valence-corrected chi connectivity index (χ4v) is 4.45. The molecule has 0 aromatic carbocycles. The van der Waals surface area contributed by atoms with Crippen LogP contribution in [-0.2, 0) is 0 Å². The first-order chi connectivity index (χ1) is 9.55. The zero-order valence-corrected chi connectivity index (χ0v) is 12.9.